The molecule has 0 heterocycles. The molecule has 0 unspecified atom stereocenters. The van der Waals surface area contributed by atoms with E-state index in [4.69, 9.17) is 15.2 Å². The Bertz CT molecular complexity index is 718. The molecule has 0 saturated carbocycles. The highest BCUT2D eigenvalue weighted by atomic mass is 16.5. The topological polar surface area (TPSA) is 103 Å². The number of anilines is 2. The first-order chi connectivity index (χ1) is 11.6. The SMILES string of the molecule is COc1ccccc1OCC(=O)Nc1ccccc1NC(=O)CN. The van der Waals surface area contributed by atoms with Crippen LogP contribution in [-0.2, 0) is 9.59 Å². The Morgan fingerprint density at radius 3 is 2.04 bits per heavy atom. The van der Waals surface area contributed by atoms with Crippen molar-refractivity contribution in [3.63, 3.8) is 0 Å². The van der Waals surface area contributed by atoms with Gasteiger partial charge in [-0.05, 0) is 24.3 Å². The van der Waals surface area contributed by atoms with Gasteiger partial charge in [0, 0.05) is 0 Å². The van der Waals surface area contributed by atoms with E-state index in [1.807, 2.05) is 6.07 Å². The number of carbonyl (C=O) groups excluding carboxylic acids is 2. The van der Waals surface area contributed by atoms with Crippen molar-refractivity contribution in [2.75, 3.05) is 30.9 Å². The fourth-order valence-corrected chi connectivity index (χ4v) is 1.97. The number of hydrogen-bond acceptors (Lipinski definition) is 5. The van der Waals surface area contributed by atoms with Crippen LogP contribution in [0.1, 0.15) is 0 Å². The predicted octanol–water partition coefficient (Wildman–Crippen LogP) is 1.61. The average Bonchev–Trinajstić information content (AvgIpc) is 2.61. The highest BCUT2D eigenvalue weighted by molar-refractivity contribution is 6.00. The maximum atomic E-state index is 12.1. The summed E-state index contributed by atoms with van der Waals surface area (Å²) >= 11 is 0. The molecule has 126 valence electrons. The van der Waals surface area contributed by atoms with Crippen LogP contribution in [0.2, 0.25) is 0 Å². The molecule has 0 aromatic heterocycles. The van der Waals surface area contributed by atoms with Crippen LogP contribution in [0.15, 0.2) is 48.5 Å². The van der Waals surface area contributed by atoms with Crippen LogP contribution in [0.3, 0.4) is 0 Å². The lowest BCUT2D eigenvalue weighted by molar-refractivity contribution is -0.118. The van der Waals surface area contributed by atoms with Gasteiger partial charge in [-0.25, -0.2) is 0 Å². The van der Waals surface area contributed by atoms with Crippen molar-refractivity contribution >= 4 is 23.2 Å². The summed E-state index contributed by atoms with van der Waals surface area (Å²) in [4.78, 5) is 23.5. The predicted molar refractivity (Wildman–Crippen MR) is 91.2 cm³/mol. The van der Waals surface area contributed by atoms with E-state index in [0.717, 1.165) is 0 Å². The van der Waals surface area contributed by atoms with E-state index in [1.54, 1.807) is 42.5 Å². The Hall–Kier alpha value is -3.06. The Morgan fingerprint density at radius 2 is 1.46 bits per heavy atom. The molecule has 7 heteroatoms. The molecule has 0 saturated heterocycles. The third kappa shape index (κ3) is 4.72. The van der Waals surface area contributed by atoms with Gasteiger partial charge in [0.25, 0.3) is 5.91 Å². The molecule has 24 heavy (non-hydrogen) atoms. The zero-order chi connectivity index (χ0) is 17.4. The van der Waals surface area contributed by atoms with Crippen LogP contribution < -0.4 is 25.8 Å². The van der Waals surface area contributed by atoms with E-state index in [1.165, 1.54) is 7.11 Å². The van der Waals surface area contributed by atoms with Gasteiger partial charge >= 0.3 is 0 Å². The lowest BCUT2D eigenvalue weighted by Crippen LogP contribution is -2.24. The van der Waals surface area contributed by atoms with Crippen molar-refractivity contribution in [1.82, 2.24) is 0 Å². The number of hydrogen-bond donors (Lipinski definition) is 3. The first-order valence-electron chi connectivity index (χ1n) is 7.28. The maximum Gasteiger partial charge on any atom is 0.262 e. The van der Waals surface area contributed by atoms with E-state index in [-0.39, 0.29) is 25.0 Å². The zero-order valence-corrected chi connectivity index (χ0v) is 13.2. The summed E-state index contributed by atoms with van der Waals surface area (Å²) in [5.41, 5.74) is 6.22. The van der Waals surface area contributed by atoms with E-state index in [2.05, 4.69) is 10.6 Å². The largest absolute Gasteiger partial charge is 0.493 e. The van der Waals surface area contributed by atoms with Crippen LogP contribution in [0.4, 0.5) is 11.4 Å². The van der Waals surface area contributed by atoms with Crippen LogP contribution in [-0.4, -0.2) is 32.1 Å². The molecular formula is C17H19N3O4. The van der Waals surface area contributed by atoms with Gasteiger partial charge < -0.3 is 25.8 Å². The number of para-hydroxylation sites is 4. The first-order valence-corrected chi connectivity index (χ1v) is 7.28. The molecule has 0 radical (unpaired) electrons. The van der Waals surface area contributed by atoms with E-state index in [0.29, 0.717) is 22.9 Å². The molecule has 4 N–H and O–H groups in total. The summed E-state index contributed by atoms with van der Waals surface area (Å²) in [5.74, 6) is 0.304. The number of ether oxygens (including phenoxy) is 2. The lowest BCUT2D eigenvalue weighted by atomic mass is 10.2. The molecule has 0 fully saturated rings. The van der Waals surface area contributed by atoms with Crippen LogP contribution in [0, 0.1) is 0 Å². The molecule has 2 amide bonds. The summed E-state index contributed by atoms with van der Waals surface area (Å²) in [6.07, 6.45) is 0. The summed E-state index contributed by atoms with van der Waals surface area (Å²) in [5, 5.41) is 5.31. The summed E-state index contributed by atoms with van der Waals surface area (Å²) in [6, 6.07) is 13.9. The van der Waals surface area contributed by atoms with Gasteiger partial charge in [-0.3, -0.25) is 9.59 Å². The summed E-state index contributed by atoms with van der Waals surface area (Å²) < 4.78 is 10.6. The smallest absolute Gasteiger partial charge is 0.262 e. The van der Waals surface area contributed by atoms with E-state index in [9.17, 15) is 9.59 Å². The second-order valence-electron chi connectivity index (χ2n) is 4.79. The Labute approximate surface area is 139 Å². The van der Waals surface area contributed by atoms with Gasteiger partial charge in [0.05, 0.1) is 25.0 Å². The third-order valence-electron chi connectivity index (χ3n) is 3.09. The first kappa shape index (κ1) is 17.3. The Kier molecular flexibility index (Phi) is 6.16. The van der Waals surface area contributed by atoms with E-state index < -0.39 is 0 Å². The van der Waals surface area contributed by atoms with Gasteiger partial charge in [-0.15, -0.1) is 0 Å². The summed E-state index contributed by atoms with van der Waals surface area (Å²) in [7, 11) is 1.53. The van der Waals surface area contributed by atoms with Crippen molar-refractivity contribution in [3.05, 3.63) is 48.5 Å². The molecule has 0 spiro atoms. The fourth-order valence-electron chi connectivity index (χ4n) is 1.97. The molecule has 0 aliphatic rings. The quantitative estimate of drug-likeness (QED) is 0.716. The van der Waals surface area contributed by atoms with Gasteiger partial charge in [0.15, 0.2) is 18.1 Å². The minimum atomic E-state index is -0.365. The molecule has 7 nitrogen and oxygen atoms in total. The molecule has 2 aromatic rings. The van der Waals surface area contributed by atoms with Gasteiger partial charge in [0.2, 0.25) is 5.91 Å². The molecule has 0 aliphatic carbocycles. The lowest BCUT2D eigenvalue weighted by Gasteiger charge is -2.13. The zero-order valence-electron chi connectivity index (χ0n) is 13.2. The average molecular weight is 329 g/mol. The standard InChI is InChI=1S/C17H19N3O4/c1-23-14-8-4-5-9-15(14)24-11-17(22)20-13-7-3-2-6-12(13)19-16(21)10-18/h2-9H,10-11,18H2,1H3,(H,19,21)(H,20,22). The number of carbonyl (C=O) groups is 2. The van der Waals surface area contributed by atoms with Gasteiger partial charge in [0.1, 0.15) is 0 Å². The van der Waals surface area contributed by atoms with Crippen molar-refractivity contribution < 1.29 is 19.1 Å². The minimum absolute atomic E-state index is 0.140. The number of amides is 2. The second-order valence-corrected chi connectivity index (χ2v) is 4.79. The minimum Gasteiger partial charge on any atom is -0.493 e. The molecule has 0 aliphatic heterocycles. The molecular weight excluding hydrogens is 310 g/mol. The highest BCUT2D eigenvalue weighted by Gasteiger charge is 2.10. The third-order valence-corrected chi connectivity index (χ3v) is 3.09. The summed E-state index contributed by atoms with van der Waals surface area (Å²) in [6.45, 7) is -0.335. The van der Waals surface area contributed by atoms with Gasteiger partial charge in [-0.2, -0.15) is 0 Å². The Balaban J connectivity index is 1.99. The van der Waals surface area contributed by atoms with Crippen molar-refractivity contribution in [3.8, 4) is 11.5 Å². The van der Waals surface area contributed by atoms with Crippen molar-refractivity contribution in [1.29, 1.82) is 0 Å². The van der Waals surface area contributed by atoms with Crippen LogP contribution >= 0.6 is 0 Å². The van der Waals surface area contributed by atoms with Crippen LogP contribution in [0.25, 0.3) is 0 Å². The monoisotopic (exact) mass is 329 g/mol. The van der Waals surface area contributed by atoms with Crippen molar-refractivity contribution in [2.24, 2.45) is 5.73 Å². The Morgan fingerprint density at radius 1 is 0.917 bits per heavy atom. The molecule has 0 bridgehead atoms. The highest BCUT2D eigenvalue weighted by Crippen LogP contribution is 2.26. The molecule has 0 atom stereocenters. The van der Waals surface area contributed by atoms with E-state index >= 15 is 0 Å². The number of nitrogens with two attached hydrogens (primary N) is 1. The maximum absolute atomic E-state index is 12.1. The molecule has 2 aromatic carbocycles. The number of methoxy groups -OCH3 is 1. The fraction of sp³-hybridized carbons (Fsp3) is 0.176. The number of nitrogens with one attached hydrogen (secondary N) is 2. The number of benzene rings is 2. The normalized spacial score (nSPS) is 9.92. The van der Waals surface area contributed by atoms with Gasteiger partial charge in [-0.1, -0.05) is 24.3 Å². The van der Waals surface area contributed by atoms with Crippen LogP contribution in [0.5, 0.6) is 11.5 Å². The van der Waals surface area contributed by atoms with Crippen molar-refractivity contribution in [2.45, 2.75) is 0 Å². The second kappa shape index (κ2) is 8.54. The number of rotatable bonds is 7. The molecule has 2 rings (SSSR count).